The number of hydrogen-bond donors (Lipinski definition) is 1. The van der Waals surface area contributed by atoms with Gasteiger partial charge in [-0.3, -0.25) is 0 Å². The molecule has 0 saturated carbocycles. The Labute approximate surface area is 101 Å². The molecular weight excluding hydrogens is 250 g/mol. The highest BCUT2D eigenvalue weighted by Crippen LogP contribution is 2.26. The quantitative estimate of drug-likeness (QED) is 0.854. The van der Waals surface area contributed by atoms with Crippen LogP contribution < -0.4 is 5.32 Å². The van der Waals surface area contributed by atoms with Crippen molar-refractivity contribution in [2.24, 2.45) is 0 Å². The van der Waals surface area contributed by atoms with Gasteiger partial charge in [-0.2, -0.15) is 0 Å². The molecule has 1 unspecified atom stereocenters. The molecule has 0 aliphatic carbocycles. The number of hydrogen-bond acceptors (Lipinski definition) is 1. The first-order valence-corrected chi connectivity index (χ1v) is 6.42. The molecule has 2 heteroatoms. The van der Waals surface area contributed by atoms with E-state index >= 15 is 0 Å². The van der Waals surface area contributed by atoms with Gasteiger partial charge >= 0.3 is 0 Å². The van der Waals surface area contributed by atoms with Crippen LogP contribution in [-0.2, 0) is 0 Å². The predicted molar refractivity (Wildman–Crippen MR) is 70.3 cm³/mol. The van der Waals surface area contributed by atoms with Crippen LogP contribution in [0.3, 0.4) is 0 Å². The molecule has 0 fully saturated rings. The average Bonchev–Trinajstić information content (AvgIpc) is 2.21. The fourth-order valence-electron chi connectivity index (χ4n) is 1.66. The summed E-state index contributed by atoms with van der Waals surface area (Å²) < 4.78 is 1.22. The lowest BCUT2D eigenvalue weighted by molar-refractivity contribution is 0.519. The highest BCUT2D eigenvalue weighted by molar-refractivity contribution is 9.10. The molecule has 0 aliphatic rings. The number of benzene rings is 1. The minimum Gasteiger partial charge on any atom is -0.314 e. The van der Waals surface area contributed by atoms with E-state index in [0.717, 1.165) is 6.54 Å². The van der Waals surface area contributed by atoms with Crippen LogP contribution in [0.1, 0.15) is 38.7 Å². The first kappa shape index (κ1) is 12.7. The second-order valence-electron chi connectivity index (χ2n) is 4.19. The van der Waals surface area contributed by atoms with Crippen molar-refractivity contribution in [1.29, 1.82) is 0 Å². The van der Waals surface area contributed by atoms with Crippen LogP contribution in [0.25, 0.3) is 0 Å². The zero-order chi connectivity index (χ0) is 11.3. The van der Waals surface area contributed by atoms with Crippen LogP contribution in [0.15, 0.2) is 28.7 Å². The lowest BCUT2D eigenvalue weighted by atomic mass is 9.96. The SMILES string of the molecule is CCC(CNC(C)C)c1ccccc1Br. The number of rotatable bonds is 5. The highest BCUT2D eigenvalue weighted by Gasteiger charge is 2.11. The molecule has 0 radical (unpaired) electrons. The van der Waals surface area contributed by atoms with E-state index in [1.807, 2.05) is 0 Å². The summed E-state index contributed by atoms with van der Waals surface area (Å²) in [5, 5.41) is 3.50. The Morgan fingerprint density at radius 2 is 1.93 bits per heavy atom. The fourth-order valence-corrected chi connectivity index (χ4v) is 2.27. The number of halogens is 1. The molecule has 0 saturated heterocycles. The van der Waals surface area contributed by atoms with Gasteiger partial charge < -0.3 is 5.32 Å². The van der Waals surface area contributed by atoms with E-state index in [2.05, 4.69) is 66.3 Å². The molecule has 0 heterocycles. The van der Waals surface area contributed by atoms with Crippen molar-refractivity contribution in [2.45, 2.75) is 39.2 Å². The van der Waals surface area contributed by atoms with E-state index in [4.69, 9.17) is 0 Å². The Hall–Kier alpha value is -0.340. The minimum absolute atomic E-state index is 0.557. The van der Waals surface area contributed by atoms with Gasteiger partial charge in [0.1, 0.15) is 0 Å². The maximum atomic E-state index is 3.62. The lowest BCUT2D eigenvalue weighted by Gasteiger charge is -2.19. The molecule has 0 amide bonds. The topological polar surface area (TPSA) is 12.0 Å². The summed E-state index contributed by atoms with van der Waals surface area (Å²) in [5.41, 5.74) is 1.41. The summed E-state index contributed by atoms with van der Waals surface area (Å²) in [7, 11) is 0. The third kappa shape index (κ3) is 3.96. The summed E-state index contributed by atoms with van der Waals surface area (Å²) >= 11 is 3.62. The maximum absolute atomic E-state index is 3.62. The molecule has 84 valence electrons. The van der Waals surface area contributed by atoms with Gasteiger partial charge in [0.2, 0.25) is 0 Å². The Bertz CT molecular complexity index is 296. The molecule has 1 rings (SSSR count). The highest BCUT2D eigenvalue weighted by atomic mass is 79.9. The van der Waals surface area contributed by atoms with Gasteiger partial charge in [0, 0.05) is 17.1 Å². The van der Waals surface area contributed by atoms with Gasteiger partial charge in [-0.05, 0) is 24.0 Å². The molecule has 1 N–H and O–H groups in total. The van der Waals surface area contributed by atoms with Crippen LogP contribution in [0.4, 0.5) is 0 Å². The van der Waals surface area contributed by atoms with E-state index in [1.54, 1.807) is 0 Å². The summed E-state index contributed by atoms with van der Waals surface area (Å²) in [5.74, 6) is 0.600. The van der Waals surface area contributed by atoms with E-state index < -0.39 is 0 Å². The van der Waals surface area contributed by atoms with Crippen LogP contribution in [0, 0.1) is 0 Å². The fraction of sp³-hybridized carbons (Fsp3) is 0.538. The Morgan fingerprint density at radius 1 is 1.27 bits per heavy atom. The van der Waals surface area contributed by atoms with Gasteiger partial charge in [0.05, 0.1) is 0 Å². The van der Waals surface area contributed by atoms with Crippen LogP contribution in [0.5, 0.6) is 0 Å². The first-order chi connectivity index (χ1) is 7.15. The van der Waals surface area contributed by atoms with Crippen molar-refractivity contribution in [3.8, 4) is 0 Å². The van der Waals surface area contributed by atoms with Crippen molar-refractivity contribution >= 4 is 15.9 Å². The largest absolute Gasteiger partial charge is 0.314 e. The summed E-state index contributed by atoms with van der Waals surface area (Å²) in [6.07, 6.45) is 1.17. The first-order valence-electron chi connectivity index (χ1n) is 5.63. The van der Waals surface area contributed by atoms with Crippen molar-refractivity contribution in [2.75, 3.05) is 6.54 Å². The van der Waals surface area contributed by atoms with Gasteiger partial charge in [-0.1, -0.05) is 54.9 Å². The Kier molecular flexibility index (Phi) is 5.34. The van der Waals surface area contributed by atoms with Crippen LogP contribution in [0.2, 0.25) is 0 Å². The number of nitrogens with one attached hydrogen (secondary N) is 1. The predicted octanol–water partition coefficient (Wildman–Crippen LogP) is 3.94. The normalized spacial score (nSPS) is 13.1. The van der Waals surface area contributed by atoms with Crippen LogP contribution in [-0.4, -0.2) is 12.6 Å². The third-order valence-electron chi connectivity index (χ3n) is 2.61. The van der Waals surface area contributed by atoms with Crippen molar-refractivity contribution in [3.05, 3.63) is 34.3 Å². The molecule has 0 spiro atoms. The average molecular weight is 270 g/mol. The molecule has 1 nitrogen and oxygen atoms in total. The summed E-state index contributed by atoms with van der Waals surface area (Å²) in [4.78, 5) is 0. The summed E-state index contributed by atoms with van der Waals surface area (Å²) in [6, 6.07) is 9.06. The molecule has 1 aromatic rings. The molecule has 15 heavy (non-hydrogen) atoms. The standard InChI is InChI=1S/C13H20BrN/c1-4-11(9-15-10(2)3)12-7-5-6-8-13(12)14/h5-8,10-11,15H,4,9H2,1-3H3. The van der Waals surface area contributed by atoms with Crippen molar-refractivity contribution in [3.63, 3.8) is 0 Å². The van der Waals surface area contributed by atoms with Crippen molar-refractivity contribution in [1.82, 2.24) is 5.32 Å². The zero-order valence-corrected chi connectivity index (χ0v) is 11.3. The Morgan fingerprint density at radius 3 is 2.47 bits per heavy atom. The van der Waals surface area contributed by atoms with E-state index in [0.29, 0.717) is 12.0 Å². The Balaban J connectivity index is 2.70. The molecule has 1 atom stereocenters. The van der Waals surface area contributed by atoms with E-state index in [1.165, 1.54) is 16.5 Å². The third-order valence-corrected chi connectivity index (χ3v) is 3.33. The van der Waals surface area contributed by atoms with E-state index in [-0.39, 0.29) is 0 Å². The van der Waals surface area contributed by atoms with E-state index in [9.17, 15) is 0 Å². The molecule has 1 aromatic carbocycles. The molecule has 0 aliphatic heterocycles. The second-order valence-corrected chi connectivity index (χ2v) is 5.04. The van der Waals surface area contributed by atoms with Gasteiger partial charge in [0.25, 0.3) is 0 Å². The second kappa shape index (κ2) is 6.29. The maximum Gasteiger partial charge on any atom is 0.0210 e. The zero-order valence-electron chi connectivity index (χ0n) is 9.76. The van der Waals surface area contributed by atoms with Crippen molar-refractivity contribution < 1.29 is 0 Å². The van der Waals surface area contributed by atoms with Gasteiger partial charge in [0.15, 0.2) is 0 Å². The smallest absolute Gasteiger partial charge is 0.0210 e. The van der Waals surface area contributed by atoms with Crippen LogP contribution >= 0.6 is 15.9 Å². The molecule has 0 aromatic heterocycles. The lowest BCUT2D eigenvalue weighted by Crippen LogP contribution is -2.27. The molecule has 0 bridgehead atoms. The summed E-state index contributed by atoms with van der Waals surface area (Å²) in [6.45, 7) is 7.67. The van der Waals surface area contributed by atoms with Gasteiger partial charge in [-0.25, -0.2) is 0 Å². The minimum atomic E-state index is 0.557. The molecular formula is C13H20BrN. The van der Waals surface area contributed by atoms with Gasteiger partial charge in [-0.15, -0.1) is 0 Å². The monoisotopic (exact) mass is 269 g/mol.